The summed E-state index contributed by atoms with van der Waals surface area (Å²) < 4.78 is 11.0. The second-order valence-corrected chi connectivity index (χ2v) is 8.03. The minimum Gasteiger partial charge on any atom is -0.381 e. The SMILES string of the molecule is CCNC(=NCCc1ccc(-c2nc(CC)no2)cc1)N1CCC2(CCOC2)C1.I. The van der Waals surface area contributed by atoms with Crippen molar-refractivity contribution in [2.75, 3.05) is 39.4 Å². The Bertz CT molecular complexity index is 830. The summed E-state index contributed by atoms with van der Waals surface area (Å²) in [4.78, 5) is 11.7. The molecular weight excluding hydrogens is 493 g/mol. The molecule has 0 saturated carbocycles. The van der Waals surface area contributed by atoms with E-state index >= 15 is 0 Å². The third-order valence-electron chi connectivity index (χ3n) is 5.90. The molecule has 1 spiro atoms. The van der Waals surface area contributed by atoms with Gasteiger partial charge in [0.1, 0.15) is 0 Å². The molecule has 2 aliphatic rings. The molecule has 164 valence electrons. The molecule has 30 heavy (non-hydrogen) atoms. The minimum atomic E-state index is 0. The van der Waals surface area contributed by atoms with Gasteiger partial charge >= 0.3 is 0 Å². The Morgan fingerprint density at radius 1 is 1.23 bits per heavy atom. The predicted molar refractivity (Wildman–Crippen MR) is 128 cm³/mol. The highest BCUT2D eigenvalue weighted by molar-refractivity contribution is 14.0. The Morgan fingerprint density at radius 3 is 2.73 bits per heavy atom. The molecule has 3 heterocycles. The maximum absolute atomic E-state index is 5.66. The van der Waals surface area contributed by atoms with Gasteiger partial charge in [-0.05, 0) is 43.9 Å². The van der Waals surface area contributed by atoms with Crippen LogP contribution in [0.5, 0.6) is 0 Å². The number of aromatic nitrogens is 2. The van der Waals surface area contributed by atoms with E-state index in [4.69, 9.17) is 14.3 Å². The third kappa shape index (κ3) is 5.32. The number of ether oxygens (including phenoxy) is 1. The first-order chi connectivity index (χ1) is 14.2. The summed E-state index contributed by atoms with van der Waals surface area (Å²) in [6, 6.07) is 8.33. The van der Waals surface area contributed by atoms with Crippen LogP contribution in [0.3, 0.4) is 0 Å². The normalized spacial score (nSPS) is 21.3. The molecule has 0 bridgehead atoms. The highest BCUT2D eigenvalue weighted by Gasteiger charge is 2.42. The number of nitrogens with zero attached hydrogens (tertiary/aromatic N) is 4. The molecule has 1 unspecified atom stereocenters. The van der Waals surface area contributed by atoms with Crippen molar-refractivity contribution < 1.29 is 9.26 Å². The van der Waals surface area contributed by atoms with Gasteiger partial charge in [0.25, 0.3) is 5.89 Å². The van der Waals surface area contributed by atoms with Gasteiger partial charge in [0.05, 0.1) is 6.61 Å². The van der Waals surface area contributed by atoms with E-state index in [-0.39, 0.29) is 24.0 Å². The van der Waals surface area contributed by atoms with E-state index in [9.17, 15) is 0 Å². The van der Waals surface area contributed by atoms with Crippen LogP contribution in [0.15, 0.2) is 33.8 Å². The maximum atomic E-state index is 5.66. The van der Waals surface area contributed by atoms with Gasteiger partial charge in [0.15, 0.2) is 11.8 Å². The molecule has 4 rings (SSSR count). The van der Waals surface area contributed by atoms with Crippen LogP contribution in [0.2, 0.25) is 0 Å². The zero-order chi connectivity index (χ0) is 20.1. The maximum Gasteiger partial charge on any atom is 0.257 e. The Balaban J connectivity index is 0.00000256. The van der Waals surface area contributed by atoms with Crippen LogP contribution in [-0.4, -0.2) is 60.4 Å². The van der Waals surface area contributed by atoms with Crippen LogP contribution >= 0.6 is 24.0 Å². The first-order valence-corrected chi connectivity index (χ1v) is 10.7. The lowest BCUT2D eigenvalue weighted by molar-refractivity contribution is 0.156. The van der Waals surface area contributed by atoms with Crippen LogP contribution in [0, 0.1) is 5.41 Å². The van der Waals surface area contributed by atoms with Crippen molar-refractivity contribution in [2.24, 2.45) is 10.4 Å². The van der Waals surface area contributed by atoms with Gasteiger partial charge in [-0.25, -0.2) is 0 Å². The molecule has 0 radical (unpaired) electrons. The van der Waals surface area contributed by atoms with Crippen molar-refractivity contribution in [2.45, 2.75) is 39.5 Å². The summed E-state index contributed by atoms with van der Waals surface area (Å²) in [5, 5.41) is 7.42. The fourth-order valence-electron chi connectivity index (χ4n) is 4.13. The van der Waals surface area contributed by atoms with E-state index in [1.54, 1.807) is 0 Å². The number of aryl methyl sites for hydroxylation is 1. The van der Waals surface area contributed by atoms with E-state index in [0.717, 1.165) is 69.6 Å². The van der Waals surface area contributed by atoms with E-state index < -0.39 is 0 Å². The second-order valence-electron chi connectivity index (χ2n) is 8.03. The summed E-state index contributed by atoms with van der Waals surface area (Å²) in [6.45, 7) is 9.71. The lowest BCUT2D eigenvalue weighted by atomic mass is 9.87. The van der Waals surface area contributed by atoms with Crippen LogP contribution < -0.4 is 5.32 Å². The quantitative estimate of drug-likeness (QED) is 0.354. The highest BCUT2D eigenvalue weighted by atomic mass is 127. The number of aliphatic imine (C=N–C) groups is 1. The molecule has 1 aromatic carbocycles. The topological polar surface area (TPSA) is 75.8 Å². The van der Waals surface area contributed by atoms with Crippen molar-refractivity contribution in [3.63, 3.8) is 0 Å². The fraction of sp³-hybridized carbons (Fsp3) is 0.591. The van der Waals surface area contributed by atoms with Gasteiger partial charge in [-0.2, -0.15) is 4.98 Å². The molecular formula is C22H32IN5O2. The van der Waals surface area contributed by atoms with Gasteiger partial charge in [-0.1, -0.05) is 24.2 Å². The lowest BCUT2D eigenvalue weighted by Gasteiger charge is -2.25. The van der Waals surface area contributed by atoms with Crippen molar-refractivity contribution in [1.82, 2.24) is 20.4 Å². The Morgan fingerprint density at radius 2 is 2.07 bits per heavy atom. The average Bonchev–Trinajstić information content (AvgIpc) is 3.50. The average molecular weight is 525 g/mol. The van der Waals surface area contributed by atoms with Gasteiger partial charge in [-0.15, -0.1) is 24.0 Å². The molecule has 1 N–H and O–H groups in total. The Kier molecular flexibility index (Phi) is 8.10. The molecule has 0 amide bonds. The third-order valence-corrected chi connectivity index (χ3v) is 5.90. The number of rotatable bonds is 6. The van der Waals surface area contributed by atoms with Crippen LogP contribution in [0.1, 0.15) is 38.1 Å². The van der Waals surface area contributed by atoms with Gasteiger partial charge in [0.2, 0.25) is 0 Å². The predicted octanol–water partition coefficient (Wildman–Crippen LogP) is 3.54. The van der Waals surface area contributed by atoms with Crippen LogP contribution in [-0.2, 0) is 17.6 Å². The zero-order valence-corrected chi connectivity index (χ0v) is 20.2. The smallest absolute Gasteiger partial charge is 0.257 e. The first kappa shape index (κ1) is 23.0. The number of hydrogen-bond acceptors (Lipinski definition) is 5. The molecule has 2 fully saturated rings. The second kappa shape index (κ2) is 10.6. The number of nitrogens with one attached hydrogen (secondary N) is 1. The summed E-state index contributed by atoms with van der Waals surface area (Å²) in [5.41, 5.74) is 2.56. The van der Waals surface area contributed by atoms with Gasteiger partial charge < -0.3 is 19.5 Å². The number of guanidine groups is 1. The largest absolute Gasteiger partial charge is 0.381 e. The van der Waals surface area contributed by atoms with Gasteiger partial charge in [-0.3, -0.25) is 4.99 Å². The molecule has 2 saturated heterocycles. The number of likely N-dealkylation sites (tertiary alicyclic amines) is 1. The lowest BCUT2D eigenvalue weighted by Crippen LogP contribution is -2.41. The fourth-order valence-corrected chi connectivity index (χ4v) is 4.13. The van der Waals surface area contributed by atoms with Crippen molar-refractivity contribution >= 4 is 29.9 Å². The molecule has 2 aromatic rings. The summed E-state index contributed by atoms with van der Waals surface area (Å²) in [7, 11) is 0. The van der Waals surface area contributed by atoms with Crippen molar-refractivity contribution in [1.29, 1.82) is 0 Å². The van der Waals surface area contributed by atoms with E-state index in [0.29, 0.717) is 11.3 Å². The minimum absolute atomic E-state index is 0. The Hall–Kier alpha value is -1.68. The standard InChI is InChI=1S/C22H31N5O2.HI/c1-3-19-25-20(29-26-19)18-7-5-17(6-8-18)9-12-24-21(23-4-2)27-13-10-22(15-27)11-14-28-16-22;/h5-8H,3-4,9-16H2,1-2H3,(H,23,24);1H. The molecule has 2 aliphatic heterocycles. The van der Waals surface area contributed by atoms with E-state index in [1.807, 2.05) is 19.1 Å². The monoisotopic (exact) mass is 525 g/mol. The number of halogens is 1. The number of benzene rings is 1. The van der Waals surface area contributed by atoms with Crippen LogP contribution in [0.25, 0.3) is 11.5 Å². The molecule has 7 nitrogen and oxygen atoms in total. The van der Waals surface area contributed by atoms with Crippen molar-refractivity contribution in [3.05, 3.63) is 35.7 Å². The van der Waals surface area contributed by atoms with Crippen molar-refractivity contribution in [3.8, 4) is 11.5 Å². The summed E-state index contributed by atoms with van der Waals surface area (Å²) in [6.07, 6.45) is 4.06. The van der Waals surface area contributed by atoms with Crippen LogP contribution in [0.4, 0.5) is 0 Å². The highest BCUT2D eigenvalue weighted by Crippen LogP contribution is 2.38. The molecule has 8 heteroatoms. The zero-order valence-electron chi connectivity index (χ0n) is 17.9. The summed E-state index contributed by atoms with van der Waals surface area (Å²) >= 11 is 0. The van der Waals surface area contributed by atoms with E-state index in [1.165, 1.54) is 18.4 Å². The Labute approximate surface area is 195 Å². The van der Waals surface area contributed by atoms with Gasteiger partial charge in [0, 0.05) is 50.2 Å². The van der Waals surface area contributed by atoms with E-state index in [2.05, 4.69) is 39.4 Å². The summed E-state index contributed by atoms with van der Waals surface area (Å²) in [5.74, 6) is 2.35. The first-order valence-electron chi connectivity index (χ1n) is 10.7. The molecule has 0 aliphatic carbocycles. The molecule has 1 atom stereocenters. The molecule has 1 aromatic heterocycles. The number of hydrogen-bond donors (Lipinski definition) is 1.